The predicted molar refractivity (Wildman–Crippen MR) is 83.9 cm³/mol. The van der Waals surface area contributed by atoms with Crippen LogP contribution >= 0.6 is 27.3 Å². The zero-order valence-corrected chi connectivity index (χ0v) is 14.1. The molecule has 2 aromatic heterocycles. The van der Waals surface area contributed by atoms with Crippen LogP contribution in [0.1, 0.15) is 12.5 Å². The molecule has 0 amide bonds. The second-order valence-electron chi connectivity index (χ2n) is 4.17. The zero-order chi connectivity index (χ0) is 14.9. The van der Waals surface area contributed by atoms with Crippen LogP contribution in [0, 0.1) is 6.92 Å². The van der Waals surface area contributed by atoms with E-state index < -0.39 is 10.0 Å². The van der Waals surface area contributed by atoms with E-state index in [4.69, 9.17) is 0 Å². The molecule has 2 heterocycles. The van der Waals surface area contributed by atoms with Crippen LogP contribution in [0.5, 0.6) is 0 Å². The minimum atomic E-state index is -3.63. The summed E-state index contributed by atoms with van der Waals surface area (Å²) in [5, 5.41) is 0. The van der Waals surface area contributed by atoms with Gasteiger partial charge in [0, 0.05) is 18.8 Å². The van der Waals surface area contributed by atoms with Crippen molar-refractivity contribution in [1.29, 1.82) is 0 Å². The number of hydrogen-bond donors (Lipinski definition) is 1. The second-order valence-corrected chi connectivity index (χ2v) is 8.45. The summed E-state index contributed by atoms with van der Waals surface area (Å²) >= 11 is 4.46. The first-order valence-corrected chi connectivity index (χ1v) is 8.92. The standard InChI is InChI=1S/C12H13BrN2O3S2/c1-3-15-7-9(4-5-10(15)16)14-20(17,18)11-6-8(2)12(13)19-11/h4-7,14H,3H2,1-2H3. The van der Waals surface area contributed by atoms with E-state index >= 15 is 0 Å². The van der Waals surface area contributed by atoms with E-state index in [1.165, 1.54) is 22.9 Å². The van der Waals surface area contributed by atoms with Gasteiger partial charge in [-0.25, -0.2) is 8.42 Å². The molecule has 5 nitrogen and oxygen atoms in total. The fourth-order valence-corrected chi connectivity index (χ4v) is 4.88. The van der Waals surface area contributed by atoms with Crippen molar-refractivity contribution >= 4 is 43.0 Å². The number of sulfonamides is 1. The molecule has 0 atom stereocenters. The maximum absolute atomic E-state index is 12.2. The van der Waals surface area contributed by atoms with Gasteiger partial charge in [0.2, 0.25) is 0 Å². The summed E-state index contributed by atoms with van der Waals surface area (Å²) in [4.78, 5) is 11.5. The number of anilines is 1. The number of hydrogen-bond acceptors (Lipinski definition) is 4. The predicted octanol–water partition coefficient (Wildman–Crippen LogP) is 2.80. The van der Waals surface area contributed by atoms with Crippen molar-refractivity contribution in [3.63, 3.8) is 0 Å². The third kappa shape index (κ3) is 3.13. The molecule has 2 aromatic rings. The van der Waals surface area contributed by atoms with E-state index in [0.717, 1.165) is 20.7 Å². The van der Waals surface area contributed by atoms with Crippen LogP contribution < -0.4 is 10.3 Å². The van der Waals surface area contributed by atoms with Crippen molar-refractivity contribution in [1.82, 2.24) is 4.57 Å². The Labute approximate surface area is 129 Å². The smallest absolute Gasteiger partial charge is 0.271 e. The van der Waals surface area contributed by atoms with Crippen molar-refractivity contribution < 1.29 is 8.42 Å². The van der Waals surface area contributed by atoms with Crippen LogP contribution in [-0.2, 0) is 16.6 Å². The van der Waals surface area contributed by atoms with Gasteiger partial charge in [0.1, 0.15) is 4.21 Å². The maximum atomic E-state index is 12.2. The Kier molecular flexibility index (Phi) is 4.36. The molecular weight excluding hydrogens is 364 g/mol. The number of thiophene rings is 1. The van der Waals surface area contributed by atoms with Gasteiger partial charge < -0.3 is 4.57 Å². The molecule has 8 heteroatoms. The molecule has 0 unspecified atom stereocenters. The molecule has 0 saturated carbocycles. The average Bonchev–Trinajstić information content (AvgIpc) is 2.72. The molecule has 108 valence electrons. The van der Waals surface area contributed by atoms with Gasteiger partial charge in [-0.1, -0.05) is 0 Å². The summed E-state index contributed by atoms with van der Waals surface area (Å²) in [6.07, 6.45) is 1.50. The van der Waals surface area contributed by atoms with Gasteiger partial charge in [0.15, 0.2) is 0 Å². The van der Waals surface area contributed by atoms with Crippen LogP contribution in [-0.4, -0.2) is 13.0 Å². The minimum Gasteiger partial charge on any atom is -0.314 e. The monoisotopic (exact) mass is 376 g/mol. The van der Waals surface area contributed by atoms with Crippen LogP contribution in [0.2, 0.25) is 0 Å². The third-order valence-electron chi connectivity index (χ3n) is 2.68. The fourth-order valence-electron chi connectivity index (χ4n) is 1.61. The number of rotatable bonds is 4. The highest BCUT2D eigenvalue weighted by molar-refractivity contribution is 9.11. The van der Waals surface area contributed by atoms with Gasteiger partial charge in [-0.2, -0.15) is 0 Å². The summed E-state index contributed by atoms with van der Waals surface area (Å²) in [5.41, 5.74) is 1.08. The number of aromatic nitrogens is 1. The lowest BCUT2D eigenvalue weighted by Crippen LogP contribution is -2.19. The van der Waals surface area contributed by atoms with Gasteiger partial charge >= 0.3 is 0 Å². The first-order chi connectivity index (χ1) is 9.33. The van der Waals surface area contributed by atoms with Crippen LogP contribution in [0.15, 0.2) is 37.2 Å². The first kappa shape index (κ1) is 15.3. The van der Waals surface area contributed by atoms with Crippen LogP contribution in [0.4, 0.5) is 5.69 Å². The Balaban J connectivity index is 2.35. The largest absolute Gasteiger partial charge is 0.314 e. The zero-order valence-electron chi connectivity index (χ0n) is 10.9. The summed E-state index contributed by atoms with van der Waals surface area (Å²) in [6.45, 7) is 4.13. The molecule has 1 N–H and O–H groups in total. The van der Waals surface area contributed by atoms with Gasteiger partial charge in [0.05, 0.1) is 9.47 Å². The van der Waals surface area contributed by atoms with Gasteiger partial charge in [-0.15, -0.1) is 11.3 Å². The topological polar surface area (TPSA) is 68.2 Å². The number of pyridine rings is 1. The SMILES string of the molecule is CCn1cc(NS(=O)(=O)c2cc(C)c(Br)s2)ccc1=O. The van der Waals surface area contributed by atoms with E-state index in [0.29, 0.717) is 12.2 Å². The number of aryl methyl sites for hydroxylation is 2. The molecule has 0 fully saturated rings. The lowest BCUT2D eigenvalue weighted by atomic mass is 10.4. The van der Waals surface area contributed by atoms with Crippen molar-refractivity contribution in [2.24, 2.45) is 0 Å². The van der Waals surface area contributed by atoms with Gasteiger partial charge in [-0.05, 0) is 47.5 Å². The van der Waals surface area contributed by atoms with E-state index in [2.05, 4.69) is 20.7 Å². The number of halogens is 1. The van der Waals surface area contributed by atoms with E-state index in [1.807, 2.05) is 13.8 Å². The average molecular weight is 377 g/mol. The highest BCUT2D eigenvalue weighted by Gasteiger charge is 2.18. The van der Waals surface area contributed by atoms with Crippen molar-refractivity contribution in [3.05, 3.63) is 44.1 Å². The molecule has 0 bridgehead atoms. The van der Waals surface area contributed by atoms with Crippen molar-refractivity contribution in [3.8, 4) is 0 Å². The molecule has 2 rings (SSSR count). The Bertz CT molecular complexity index is 774. The van der Waals surface area contributed by atoms with Crippen molar-refractivity contribution in [2.75, 3.05) is 4.72 Å². The molecular formula is C12H13BrN2O3S2. The Hall–Kier alpha value is -1.12. The fraction of sp³-hybridized carbons (Fsp3) is 0.250. The molecule has 0 aliphatic heterocycles. The summed E-state index contributed by atoms with van der Waals surface area (Å²) in [6, 6.07) is 4.41. The molecule has 0 spiro atoms. The molecule has 0 aromatic carbocycles. The quantitative estimate of drug-likeness (QED) is 0.891. The minimum absolute atomic E-state index is 0.162. The molecule has 20 heavy (non-hydrogen) atoms. The van der Waals surface area contributed by atoms with Crippen molar-refractivity contribution in [2.45, 2.75) is 24.6 Å². The lowest BCUT2D eigenvalue weighted by molar-refractivity contribution is 0.603. The third-order valence-corrected chi connectivity index (χ3v) is 6.67. The Morgan fingerprint density at radius 1 is 1.40 bits per heavy atom. The van der Waals surface area contributed by atoms with Gasteiger partial charge in [0.25, 0.3) is 15.6 Å². The van der Waals surface area contributed by atoms with E-state index in [1.54, 1.807) is 6.07 Å². The first-order valence-electron chi connectivity index (χ1n) is 5.82. The van der Waals surface area contributed by atoms with E-state index in [9.17, 15) is 13.2 Å². The molecule has 0 radical (unpaired) electrons. The number of nitrogens with one attached hydrogen (secondary N) is 1. The lowest BCUT2D eigenvalue weighted by Gasteiger charge is -2.08. The molecule has 0 aliphatic carbocycles. The van der Waals surface area contributed by atoms with E-state index in [-0.39, 0.29) is 9.77 Å². The number of nitrogens with zero attached hydrogens (tertiary/aromatic N) is 1. The maximum Gasteiger partial charge on any atom is 0.271 e. The van der Waals surface area contributed by atoms with Gasteiger partial charge in [-0.3, -0.25) is 9.52 Å². The Morgan fingerprint density at radius 2 is 2.10 bits per heavy atom. The second kappa shape index (κ2) is 5.71. The highest BCUT2D eigenvalue weighted by atomic mass is 79.9. The van der Waals surface area contributed by atoms with Crippen LogP contribution in [0.3, 0.4) is 0 Å². The Morgan fingerprint density at radius 3 is 2.65 bits per heavy atom. The summed E-state index contributed by atoms with van der Waals surface area (Å²) < 4.78 is 29.4. The molecule has 0 aliphatic rings. The highest BCUT2D eigenvalue weighted by Crippen LogP contribution is 2.31. The van der Waals surface area contributed by atoms with Crippen LogP contribution in [0.25, 0.3) is 0 Å². The summed E-state index contributed by atoms with van der Waals surface area (Å²) in [5.74, 6) is 0. The summed E-state index contributed by atoms with van der Waals surface area (Å²) in [7, 11) is -3.63. The normalized spacial score (nSPS) is 11.6. The molecule has 0 saturated heterocycles.